The highest BCUT2D eigenvalue weighted by molar-refractivity contribution is 5.37. The Hall–Kier alpha value is -1.13. The van der Waals surface area contributed by atoms with Crippen molar-refractivity contribution >= 4 is 0 Å². The molecule has 0 amide bonds. The lowest BCUT2D eigenvalue weighted by Gasteiger charge is -2.32. The van der Waals surface area contributed by atoms with Gasteiger partial charge >= 0.3 is 0 Å². The van der Waals surface area contributed by atoms with E-state index in [0.29, 0.717) is 18.4 Å². The quantitative estimate of drug-likeness (QED) is 0.910. The van der Waals surface area contributed by atoms with Gasteiger partial charge in [0, 0.05) is 17.6 Å². The number of para-hydroxylation sites is 1. The molecule has 1 heterocycles. The van der Waals surface area contributed by atoms with Crippen molar-refractivity contribution in [3.05, 3.63) is 29.6 Å². The van der Waals surface area contributed by atoms with Gasteiger partial charge in [0.15, 0.2) is 11.6 Å². The van der Waals surface area contributed by atoms with Crippen molar-refractivity contribution in [1.82, 2.24) is 4.90 Å². The summed E-state index contributed by atoms with van der Waals surface area (Å²) in [5, 5.41) is 0. The molecule has 0 bridgehead atoms. The molecule has 0 radical (unpaired) electrons. The first-order valence-electron chi connectivity index (χ1n) is 6.96. The summed E-state index contributed by atoms with van der Waals surface area (Å²) in [6.45, 7) is 3.46. The van der Waals surface area contributed by atoms with Crippen LogP contribution in [0.15, 0.2) is 18.2 Å². The van der Waals surface area contributed by atoms with Gasteiger partial charge in [-0.3, -0.25) is 0 Å². The first-order chi connectivity index (χ1) is 9.09. The molecule has 1 aromatic rings. The lowest BCUT2D eigenvalue weighted by molar-refractivity contribution is 0.122. The maximum absolute atomic E-state index is 13.9. The second kappa shape index (κ2) is 6.35. The van der Waals surface area contributed by atoms with Gasteiger partial charge in [0.2, 0.25) is 0 Å². The van der Waals surface area contributed by atoms with Crippen LogP contribution in [0.3, 0.4) is 0 Å². The SMILES string of the molecule is C[C@H](N)c1cccc(F)c1OCC1CCCCN1C. The van der Waals surface area contributed by atoms with Crippen molar-refractivity contribution in [1.29, 1.82) is 0 Å². The molecule has 2 rings (SSSR count). The average Bonchev–Trinajstić information content (AvgIpc) is 2.38. The van der Waals surface area contributed by atoms with Gasteiger partial charge in [-0.1, -0.05) is 18.6 Å². The first-order valence-corrected chi connectivity index (χ1v) is 6.96. The third kappa shape index (κ3) is 3.45. The predicted molar refractivity (Wildman–Crippen MR) is 74.8 cm³/mol. The zero-order valence-electron chi connectivity index (χ0n) is 11.7. The molecule has 2 atom stereocenters. The van der Waals surface area contributed by atoms with Crippen LogP contribution in [0.25, 0.3) is 0 Å². The molecule has 0 aromatic heterocycles. The molecule has 1 aliphatic rings. The van der Waals surface area contributed by atoms with Crippen LogP contribution in [0.2, 0.25) is 0 Å². The number of halogens is 1. The molecule has 0 spiro atoms. The normalized spacial score (nSPS) is 22.2. The number of hydrogen-bond donors (Lipinski definition) is 1. The molecule has 2 N–H and O–H groups in total. The van der Waals surface area contributed by atoms with E-state index in [2.05, 4.69) is 11.9 Å². The molecular weight excluding hydrogens is 243 g/mol. The first kappa shape index (κ1) is 14.3. The molecule has 3 nitrogen and oxygen atoms in total. The summed E-state index contributed by atoms with van der Waals surface area (Å²) < 4.78 is 19.6. The van der Waals surface area contributed by atoms with Gasteiger partial charge in [0.05, 0.1) is 0 Å². The smallest absolute Gasteiger partial charge is 0.165 e. The van der Waals surface area contributed by atoms with Gasteiger partial charge in [-0.05, 0) is 39.4 Å². The number of benzene rings is 1. The molecule has 1 aromatic carbocycles. The van der Waals surface area contributed by atoms with E-state index in [1.807, 2.05) is 13.0 Å². The summed E-state index contributed by atoms with van der Waals surface area (Å²) in [4.78, 5) is 2.29. The standard InChI is InChI=1S/C15H23FN2O/c1-11(17)13-7-5-8-14(16)15(13)19-10-12-6-3-4-9-18(12)2/h5,7-8,11-12H,3-4,6,9-10,17H2,1-2H3/t11-,12?/m0/s1. The zero-order chi connectivity index (χ0) is 13.8. The van der Waals surface area contributed by atoms with Crippen LogP contribution in [0, 0.1) is 5.82 Å². The fourth-order valence-electron chi connectivity index (χ4n) is 2.57. The number of nitrogens with two attached hydrogens (primary N) is 1. The average molecular weight is 266 g/mol. The molecule has 4 heteroatoms. The Morgan fingerprint density at radius 1 is 1.47 bits per heavy atom. The van der Waals surface area contributed by atoms with E-state index >= 15 is 0 Å². The minimum absolute atomic E-state index is 0.227. The molecule has 1 fully saturated rings. The number of rotatable bonds is 4. The molecule has 106 valence electrons. The van der Waals surface area contributed by atoms with Crippen LogP contribution in [-0.4, -0.2) is 31.1 Å². The minimum Gasteiger partial charge on any atom is -0.489 e. The molecule has 1 aliphatic heterocycles. The molecule has 19 heavy (non-hydrogen) atoms. The summed E-state index contributed by atoms with van der Waals surface area (Å²) in [6.07, 6.45) is 3.56. The van der Waals surface area contributed by atoms with Crippen molar-refractivity contribution in [2.24, 2.45) is 5.73 Å². The van der Waals surface area contributed by atoms with Gasteiger partial charge in [0.1, 0.15) is 6.61 Å². The van der Waals surface area contributed by atoms with Crippen LogP contribution >= 0.6 is 0 Å². The maximum Gasteiger partial charge on any atom is 0.165 e. The summed E-state index contributed by atoms with van der Waals surface area (Å²) in [7, 11) is 2.10. The van der Waals surface area contributed by atoms with Gasteiger partial charge in [-0.15, -0.1) is 0 Å². The largest absolute Gasteiger partial charge is 0.489 e. The summed E-state index contributed by atoms with van der Waals surface area (Å²) >= 11 is 0. The number of hydrogen-bond acceptors (Lipinski definition) is 3. The second-order valence-electron chi connectivity index (χ2n) is 5.39. The van der Waals surface area contributed by atoms with Crippen molar-refractivity contribution in [2.75, 3.05) is 20.2 Å². The monoisotopic (exact) mass is 266 g/mol. The Balaban J connectivity index is 2.06. The Labute approximate surface area is 114 Å². The Morgan fingerprint density at radius 3 is 2.95 bits per heavy atom. The molecule has 0 aliphatic carbocycles. The third-order valence-corrected chi connectivity index (χ3v) is 3.83. The highest BCUT2D eigenvalue weighted by Gasteiger charge is 2.21. The van der Waals surface area contributed by atoms with Gasteiger partial charge in [0.25, 0.3) is 0 Å². The number of piperidine rings is 1. The van der Waals surface area contributed by atoms with Crippen LogP contribution in [-0.2, 0) is 0 Å². The fraction of sp³-hybridized carbons (Fsp3) is 0.600. The summed E-state index contributed by atoms with van der Waals surface area (Å²) in [5.74, 6) is -0.00950. The van der Waals surface area contributed by atoms with Crippen molar-refractivity contribution in [3.8, 4) is 5.75 Å². The molecule has 0 saturated carbocycles. The highest BCUT2D eigenvalue weighted by Crippen LogP contribution is 2.28. The minimum atomic E-state index is -0.326. The predicted octanol–water partition coefficient (Wildman–Crippen LogP) is 2.71. The van der Waals surface area contributed by atoms with E-state index in [-0.39, 0.29) is 11.9 Å². The topological polar surface area (TPSA) is 38.5 Å². The fourth-order valence-corrected chi connectivity index (χ4v) is 2.57. The Bertz CT molecular complexity index is 423. The maximum atomic E-state index is 13.9. The molecule has 1 unspecified atom stereocenters. The Kier molecular flexibility index (Phi) is 4.77. The van der Waals surface area contributed by atoms with E-state index in [9.17, 15) is 4.39 Å². The van der Waals surface area contributed by atoms with E-state index in [1.165, 1.54) is 18.9 Å². The molecular formula is C15H23FN2O. The van der Waals surface area contributed by atoms with Crippen LogP contribution in [0.4, 0.5) is 4.39 Å². The highest BCUT2D eigenvalue weighted by atomic mass is 19.1. The van der Waals surface area contributed by atoms with E-state index in [4.69, 9.17) is 10.5 Å². The van der Waals surface area contributed by atoms with Crippen molar-refractivity contribution in [2.45, 2.75) is 38.3 Å². The molecule has 1 saturated heterocycles. The number of nitrogens with zero attached hydrogens (tertiary/aromatic N) is 1. The van der Waals surface area contributed by atoms with Crippen molar-refractivity contribution in [3.63, 3.8) is 0 Å². The number of ether oxygens (including phenoxy) is 1. The van der Waals surface area contributed by atoms with Gasteiger partial charge in [-0.25, -0.2) is 4.39 Å². The third-order valence-electron chi connectivity index (χ3n) is 3.83. The van der Waals surface area contributed by atoms with E-state index in [0.717, 1.165) is 18.5 Å². The lowest BCUT2D eigenvalue weighted by Crippen LogP contribution is -2.40. The van der Waals surface area contributed by atoms with E-state index in [1.54, 1.807) is 6.07 Å². The number of likely N-dealkylation sites (tertiary alicyclic amines) is 1. The lowest BCUT2D eigenvalue weighted by atomic mass is 10.0. The Morgan fingerprint density at radius 2 is 2.26 bits per heavy atom. The summed E-state index contributed by atoms with van der Waals surface area (Å²) in [6, 6.07) is 5.07. The van der Waals surface area contributed by atoms with E-state index < -0.39 is 0 Å². The number of likely N-dealkylation sites (N-methyl/N-ethyl adjacent to an activating group) is 1. The van der Waals surface area contributed by atoms with Gasteiger partial charge < -0.3 is 15.4 Å². The van der Waals surface area contributed by atoms with Crippen molar-refractivity contribution < 1.29 is 9.13 Å². The van der Waals surface area contributed by atoms with Gasteiger partial charge in [-0.2, -0.15) is 0 Å². The second-order valence-corrected chi connectivity index (χ2v) is 5.39. The summed E-state index contributed by atoms with van der Waals surface area (Å²) in [5.41, 5.74) is 6.60. The van der Waals surface area contributed by atoms with Crippen LogP contribution in [0.1, 0.15) is 37.8 Å². The van der Waals surface area contributed by atoms with Crippen LogP contribution < -0.4 is 10.5 Å². The zero-order valence-corrected chi connectivity index (χ0v) is 11.7. The van der Waals surface area contributed by atoms with Crippen LogP contribution in [0.5, 0.6) is 5.75 Å².